The van der Waals surface area contributed by atoms with E-state index in [9.17, 15) is 0 Å². The molecule has 0 atom stereocenters. The van der Waals surface area contributed by atoms with Crippen molar-refractivity contribution in [3.05, 3.63) is 89.6 Å². The SMILES string of the molecule is [2H]C(C)(C)c1ccnc(-c2ccc3c(c2)sc2cc(-c4c(C)cccc4C)ccc23)c1. The first kappa shape index (κ1) is 17.9. The lowest BCUT2D eigenvalue weighted by Crippen LogP contribution is -1.90. The van der Waals surface area contributed by atoms with Gasteiger partial charge in [0.25, 0.3) is 0 Å². The Morgan fingerprint density at radius 1 is 0.800 bits per heavy atom. The van der Waals surface area contributed by atoms with Crippen molar-refractivity contribution in [1.82, 2.24) is 4.98 Å². The molecule has 0 unspecified atom stereocenters. The average molecular weight is 409 g/mol. The van der Waals surface area contributed by atoms with Crippen LogP contribution in [0, 0.1) is 13.8 Å². The predicted octanol–water partition coefficient (Wildman–Crippen LogP) is 8.52. The Hall–Kier alpha value is -2.97. The van der Waals surface area contributed by atoms with Gasteiger partial charge in [0.15, 0.2) is 0 Å². The van der Waals surface area contributed by atoms with E-state index in [1.54, 1.807) is 0 Å². The molecular formula is C28H25NS. The van der Waals surface area contributed by atoms with Crippen LogP contribution < -0.4 is 0 Å². The van der Waals surface area contributed by atoms with Crippen LogP contribution in [-0.2, 0) is 0 Å². The minimum absolute atomic E-state index is 0.635. The Bertz CT molecular complexity index is 1420. The van der Waals surface area contributed by atoms with E-state index in [1.807, 2.05) is 43.5 Å². The van der Waals surface area contributed by atoms with Gasteiger partial charge in [-0.1, -0.05) is 56.3 Å². The molecule has 0 aliphatic rings. The van der Waals surface area contributed by atoms with Crippen LogP contribution in [0.15, 0.2) is 72.9 Å². The third-order valence-corrected chi connectivity index (χ3v) is 6.99. The smallest absolute Gasteiger partial charge is 0.0705 e. The minimum Gasteiger partial charge on any atom is -0.256 e. The zero-order valence-electron chi connectivity index (χ0n) is 18.8. The Morgan fingerprint density at radius 2 is 1.43 bits per heavy atom. The zero-order valence-corrected chi connectivity index (χ0v) is 18.6. The van der Waals surface area contributed by atoms with E-state index in [0.29, 0.717) is 0 Å². The van der Waals surface area contributed by atoms with Crippen molar-refractivity contribution >= 4 is 31.5 Å². The lowest BCUT2D eigenvalue weighted by atomic mass is 9.95. The standard InChI is InChI=1S/C28H25NS/c1-17(2)20-12-13-29-25(14-20)21-8-10-23-24-11-9-22(16-27(24)30-26(23)15-21)28-18(3)6-5-7-19(28)4/h5-17H,1-4H3/i17D. The van der Waals surface area contributed by atoms with Crippen molar-refractivity contribution in [3.8, 4) is 22.4 Å². The third kappa shape index (κ3) is 3.22. The largest absolute Gasteiger partial charge is 0.256 e. The number of hydrogen-bond donors (Lipinski definition) is 0. The van der Waals surface area contributed by atoms with E-state index in [4.69, 9.17) is 1.37 Å². The van der Waals surface area contributed by atoms with Gasteiger partial charge in [0.05, 0.1) is 5.69 Å². The number of nitrogens with zero attached hydrogens (tertiary/aromatic N) is 1. The molecule has 2 aromatic heterocycles. The van der Waals surface area contributed by atoms with E-state index in [0.717, 1.165) is 16.8 Å². The lowest BCUT2D eigenvalue weighted by Gasteiger charge is -2.10. The molecular weight excluding hydrogens is 382 g/mol. The molecule has 3 aromatic carbocycles. The van der Waals surface area contributed by atoms with Crippen molar-refractivity contribution in [2.75, 3.05) is 0 Å². The van der Waals surface area contributed by atoms with Crippen molar-refractivity contribution < 1.29 is 1.37 Å². The second-order valence-corrected chi connectivity index (χ2v) is 9.30. The van der Waals surface area contributed by atoms with Gasteiger partial charge in [-0.05, 0) is 71.8 Å². The monoisotopic (exact) mass is 408 g/mol. The molecule has 0 fully saturated rings. The fraction of sp³-hybridized carbons (Fsp3) is 0.179. The molecule has 2 heterocycles. The van der Waals surface area contributed by atoms with Crippen LogP contribution in [0.3, 0.4) is 0 Å². The highest BCUT2D eigenvalue weighted by atomic mass is 32.1. The van der Waals surface area contributed by atoms with Crippen LogP contribution in [0.4, 0.5) is 0 Å². The van der Waals surface area contributed by atoms with Gasteiger partial charge in [0, 0.05) is 33.3 Å². The van der Waals surface area contributed by atoms with Gasteiger partial charge < -0.3 is 0 Å². The van der Waals surface area contributed by atoms with Gasteiger partial charge in [0.1, 0.15) is 0 Å². The summed E-state index contributed by atoms with van der Waals surface area (Å²) >= 11 is 1.84. The molecule has 1 nitrogen and oxygen atoms in total. The van der Waals surface area contributed by atoms with Gasteiger partial charge in [-0.3, -0.25) is 4.98 Å². The highest BCUT2D eigenvalue weighted by molar-refractivity contribution is 7.25. The van der Waals surface area contributed by atoms with Crippen LogP contribution in [0.1, 0.15) is 37.8 Å². The summed E-state index contributed by atoms with van der Waals surface area (Å²) in [5.74, 6) is -0.635. The molecule has 0 radical (unpaired) electrons. The second-order valence-electron chi connectivity index (χ2n) is 8.22. The van der Waals surface area contributed by atoms with Crippen molar-refractivity contribution in [2.45, 2.75) is 33.6 Å². The summed E-state index contributed by atoms with van der Waals surface area (Å²) < 4.78 is 10.9. The van der Waals surface area contributed by atoms with E-state index < -0.39 is 5.89 Å². The van der Waals surface area contributed by atoms with Crippen molar-refractivity contribution in [1.29, 1.82) is 0 Å². The van der Waals surface area contributed by atoms with E-state index in [2.05, 4.69) is 73.4 Å². The van der Waals surface area contributed by atoms with Crippen molar-refractivity contribution in [2.24, 2.45) is 0 Å². The fourth-order valence-corrected chi connectivity index (χ4v) is 5.45. The molecule has 2 heteroatoms. The van der Waals surface area contributed by atoms with Gasteiger partial charge in [-0.25, -0.2) is 0 Å². The number of benzene rings is 3. The molecule has 5 rings (SSSR count). The van der Waals surface area contributed by atoms with Crippen LogP contribution in [-0.4, -0.2) is 4.98 Å². The van der Waals surface area contributed by atoms with Crippen LogP contribution >= 0.6 is 11.3 Å². The van der Waals surface area contributed by atoms with Gasteiger partial charge in [-0.15, -0.1) is 11.3 Å². The normalized spacial score (nSPS) is 12.5. The summed E-state index contributed by atoms with van der Waals surface area (Å²) in [6, 6.07) is 23.9. The van der Waals surface area contributed by atoms with E-state index >= 15 is 0 Å². The molecule has 0 saturated heterocycles. The molecule has 148 valence electrons. The van der Waals surface area contributed by atoms with E-state index in [1.165, 1.54) is 42.4 Å². The molecule has 0 amide bonds. The van der Waals surface area contributed by atoms with Gasteiger partial charge in [0.2, 0.25) is 0 Å². The summed E-state index contributed by atoms with van der Waals surface area (Å²) in [5, 5.41) is 2.59. The minimum atomic E-state index is -0.635. The summed E-state index contributed by atoms with van der Waals surface area (Å²) in [5.41, 5.74) is 8.24. The third-order valence-electron chi connectivity index (χ3n) is 5.88. The first-order chi connectivity index (χ1) is 14.8. The molecule has 0 aliphatic heterocycles. The average Bonchev–Trinajstić information content (AvgIpc) is 3.10. The highest BCUT2D eigenvalue weighted by Crippen LogP contribution is 2.39. The number of thiophene rings is 1. The number of hydrogen-bond acceptors (Lipinski definition) is 2. The number of aromatic nitrogens is 1. The summed E-state index contributed by atoms with van der Waals surface area (Å²) in [4.78, 5) is 4.58. The molecule has 0 bridgehead atoms. The van der Waals surface area contributed by atoms with Gasteiger partial charge in [-0.2, -0.15) is 0 Å². The molecule has 0 aliphatic carbocycles. The first-order valence-electron chi connectivity index (χ1n) is 10.8. The maximum atomic E-state index is 8.33. The van der Waals surface area contributed by atoms with Gasteiger partial charge >= 0.3 is 0 Å². The number of pyridine rings is 1. The zero-order chi connectivity index (χ0) is 21.8. The maximum absolute atomic E-state index is 8.33. The summed E-state index contributed by atoms with van der Waals surface area (Å²) in [7, 11) is 0. The molecule has 0 saturated carbocycles. The number of fused-ring (bicyclic) bond motifs is 3. The lowest BCUT2D eigenvalue weighted by molar-refractivity contribution is 0.864. The van der Waals surface area contributed by atoms with Crippen LogP contribution in [0.5, 0.6) is 0 Å². The Labute approximate surface area is 183 Å². The molecule has 30 heavy (non-hydrogen) atoms. The fourth-order valence-electron chi connectivity index (χ4n) is 4.26. The van der Waals surface area contributed by atoms with Crippen LogP contribution in [0.25, 0.3) is 42.6 Å². The second kappa shape index (κ2) is 7.37. The maximum Gasteiger partial charge on any atom is 0.0705 e. The Balaban J connectivity index is 1.63. The first-order valence-corrected chi connectivity index (χ1v) is 11.1. The summed E-state index contributed by atoms with van der Waals surface area (Å²) in [6.07, 6.45) is 1.81. The molecule has 5 aromatic rings. The van der Waals surface area contributed by atoms with Crippen LogP contribution in [0.2, 0.25) is 0 Å². The number of aryl methyl sites for hydroxylation is 2. The summed E-state index contributed by atoms with van der Waals surface area (Å²) in [6.45, 7) is 8.19. The Kier molecular flexibility index (Phi) is 4.39. The molecule has 0 N–H and O–H groups in total. The Morgan fingerprint density at radius 3 is 2.10 bits per heavy atom. The highest BCUT2D eigenvalue weighted by Gasteiger charge is 2.11. The predicted molar refractivity (Wildman–Crippen MR) is 132 cm³/mol. The number of rotatable bonds is 3. The molecule has 0 spiro atoms. The quantitative estimate of drug-likeness (QED) is 0.291. The van der Waals surface area contributed by atoms with E-state index in [-0.39, 0.29) is 0 Å². The van der Waals surface area contributed by atoms with Crippen molar-refractivity contribution in [3.63, 3.8) is 0 Å². The topological polar surface area (TPSA) is 12.9 Å².